The highest BCUT2D eigenvalue weighted by Gasteiger charge is 2.85. The maximum atomic E-state index is 13.9. The molecule has 3 nitrogen and oxygen atoms in total. The van der Waals surface area contributed by atoms with Crippen molar-refractivity contribution in [3.63, 3.8) is 0 Å². The van der Waals surface area contributed by atoms with Crippen molar-refractivity contribution in [1.29, 1.82) is 0 Å². The summed E-state index contributed by atoms with van der Waals surface area (Å²) in [5.74, 6) is -61.8. The first kappa shape index (κ1) is 46.1. The Morgan fingerprint density at radius 1 is 0.286 bits per heavy atom. The first-order valence-electron chi connectivity index (χ1n) is 9.89. The molecule has 0 aliphatic carbocycles. The summed E-state index contributed by atoms with van der Waals surface area (Å²) in [5.41, 5.74) is 0. The van der Waals surface area contributed by atoms with Crippen LogP contribution in [0, 0.1) is 0 Å². The summed E-state index contributed by atoms with van der Waals surface area (Å²) in [6, 6.07) is 0. The highest BCUT2D eigenvalue weighted by atomic mass is 19.4. The van der Waals surface area contributed by atoms with Gasteiger partial charge in [-0.1, -0.05) is 0 Å². The van der Waals surface area contributed by atoms with Crippen LogP contribution in [0.5, 0.6) is 0 Å². The van der Waals surface area contributed by atoms with Crippen LogP contribution in [0.25, 0.3) is 0 Å². The zero-order chi connectivity index (χ0) is 40.4. The molecule has 0 aliphatic rings. The third kappa shape index (κ3) is 7.58. The molecular formula is C16F30O3. The Labute approximate surface area is 243 Å². The monoisotopic (exact) mass is 810 g/mol. The van der Waals surface area contributed by atoms with E-state index in [4.69, 9.17) is 0 Å². The van der Waals surface area contributed by atoms with E-state index in [1.54, 1.807) is 4.74 Å². The summed E-state index contributed by atoms with van der Waals surface area (Å²) in [6.07, 6.45) is -59.8. The molecule has 0 saturated carbocycles. The van der Waals surface area contributed by atoms with Crippen molar-refractivity contribution >= 4 is 0 Å². The smallest absolute Gasteiger partial charge is 0.442 e. The van der Waals surface area contributed by atoms with E-state index in [9.17, 15) is 132 Å². The molecule has 292 valence electrons. The Morgan fingerprint density at radius 2 is 0.469 bits per heavy atom. The third-order valence-corrected chi connectivity index (χ3v) is 4.59. The number of hydrogen-bond donors (Lipinski definition) is 0. The van der Waals surface area contributed by atoms with Crippen molar-refractivity contribution in [3.8, 4) is 0 Å². The molecule has 0 atom stereocenters. The molecule has 0 aliphatic heterocycles. The number of hydrogen-bond acceptors (Lipinski definition) is 3. The lowest BCUT2D eigenvalue weighted by molar-refractivity contribution is -0.508. The van der Waals surface area contributed by atoms with Crippen LogP contribution in [-0.4, -0.2) is 72.3 Å². The van der Waals surface area contributed by atoms with Crippen LogP contribution in [0.3, 0.4) is 0 Å². The van der Waals surface area contributed by atoms with Crippen molar-refractivity contribution < 1.29 is 146 Å². The molecule has 0 aromatic heterocycles. The predicted octanol–water partition coefficient (Wildman–Crippen LogP) is 10.6. The average molecular weight is 810 g/mol. The van der Waals surface area contributed by atoms with Gasteiger partial charge < -0.3 is 4.74 Å². The summed E-state index contributed by atoms with van der Waals surface area (Å²) in [4.78, 5) is 0. The molecule has 0 spiro atoms. The van der Waals surface area contributed by atoms with Crippen LogP contribution in [0.15, 0.2) is 23.7 Å². The molecule has 0 unspecified atom stereocenters. The molecule has 0 fully saturated rings. The fraction of sp³-hybridized carbons (Fsp3) is 0.750. The summed E-state index contributed by atoms with van der Waals surface area (Å²) >= 11 is 0. The lowest BCUT2D eigenvalue weighted by atomic mass is 10.1. The summed E-state index contributed by atoms with van der Waals surface area (Å²) in [5, 5.41) is 0. The van der Waals surface area contributed by atoms with Gasteiger partial charge in [-0.25, -0.2) is 9.47 Å². The summed E-state index contributed by atoms with van der Waals surface area (Å²) < 4.78 is 394. The number of alkyl halides is 26. The topological polar surface area (TPSA) is 27.7 Å². The van der Waals surface area contributed by atoms with Gasteiger partial charge in [0.05, 0.1) is 0 Å². The van der Waals surface area contributed by atoms with Gasteiger partial charge in [-0.15, -0.1) is 0 Å². The molecule has 0 heterocycles. The van der Waals surface area contributed by atoms with Gasteiger partial charge in [0.2, 0.25) is 11.5 Å². The van der Waals surface area contributed by atoms with E-state index >= 15 is 0 Å². The van der Waals surface area contributed by atoms with Crippen LogP contribution in [0.4, 0.5) is 132 Å². The van der Waals surface area contributed by atoms with Gasteiger partial charge in [-0.05, 0) is 0 Å². The van der Waals surface area contributed by atoms with Crippen LogP contribution in [-0.2, 0) is 14.2 Å². The Bertz CT molecular complexity index is 1160. The van der Waals surface area contributed by atoms with E-state index in [0.717, 1.165) is 9.47 Å². The zero-order valence-electron chi connectivity index (χ0n) is 20.6. The molecule has 0 N–H and O–H groups in total. The minimum Gasteiger partial charge on any atom is -0.442 e. The van der Waals surface area contributed by atoms with E-state index in [1.165, 1.54) is 0 Å². The lowest BCUT2D eigenvalue weighted by Crippen LogP contribution is -2.63. The normalized spacial score (nSPS) is 15.7. The molecule has 49 heavy (non-hydrogen) atoms. The fourth-order valence-electron chi connectivity index (χ4n) is 2.10. The van der Waals surface area contributed by atoms with Crippen molar-refractivity contribution in [1.82, 2.24) is 0 Å². The lowest BCUT2D eigenvalue weighted by Gasteiger charge is -2.37. The molecule has 0 amide bonds. The molecule has 0 aromatic rings. The molecule has 33 heteroatoms. The SMILES string of the molecule is FC(F)=C(OC(=C(F)F)C(F)(F)C(F)(F)C(F)(F)OC(F)(F)C(F)(F)C(F)(F)F)C(F)(F)C(F)(F)C(F)(F)OC(F)(F)C(F)(F)C(F)(F)F. The van der Waals surface area contributed by atoms with Gasteiger partial charge in [-0.3, -0.25) is 0 Å². The Hall–Kier alpha value is -2.90. The Morgan fingerprint density at radius 3 is 0.633 bits per heavy atom. The molecule has 0 aromatic carbocycles. The number of halogens is 30. The first-order chi connectivity index (χ1) is 20.8. The largest absolute Gasteiger partial charge is 0.462 e. The molecule has 0 radical (unpaired) electrons. The van der Waals surface area contributed by atoms with E-state index in [1.807, 2.05) is 0 Å². The number of rotatable bonds is 14. The van der Waals surface area contributed by atoms with Gasteiger partial charge in [-0.2, -0.15) is 132 Å². The van der Waals surface area contributed by atoms with Gasteiger partial charge in [0.15, 0.2) is 0 Å². The van der Waals surface area contributed by atoms with E-state index in [2.05, 4.69) is 0 Å². The zero-order valence-corrected chi connectivity index (χ0v) is 20.6. The number of ether oxygens (including phenoxy) is 3. The number of allylic oxidation sites excluding steroid dienone is 2. The molecule has 0 rings (SSSR count). The van der Waals surface area contributed by atoms with E-state index in [-0.39, 0.29) is 0 Å². The van der Waals surface area contributed by atoms with E-state index < -0.39 is 96.0 Å². The highest BCUT2D eigenvalue weighted by molar-refractivity contribution is 5.22. The second-order valence-electron chi connectivity index (χ2n) is 7.99. The highest BCUT2D eigenvalue weighted by Crippen LogP contribution is 2.59. The van der Waals surface area contributed by atoms with Crippen molar-refractivity contribution in [3.05, 3.63) is 23.7 Å². The standard InChI is InChI=1S/C16F30O3/c17-3(18)1(5(21,22)7(25,26)13(39,40)48-15(43,44)9(29,30)11(33,34)35)47-2(4(19)20)6(23,24)8(27,28)14(41,42)49-16(45,46)10(31,32)12(36,37)38. The fourth-order valence-corrected chi connectivity index (χ4v) is 2.10. The Kier molecular flexibility index (Phi) is 11.7. The minimum absolute atomic E-state index is 0.968. The Balaban J connectivity index is 7.18. The summed E-state index contributed by atoms with van der Waals surface area (Å²) in [7, 11) is 0. The van der Waals surface area contributed by atoms with Crippen LogP contribution in [0.1, 0.15) is 0 Å². The predicted molar refractivity (Wildman–Crippen MR) is 83.3 cm³/mol. The average Bonchev–Trinajstić information content (AvgIpc) is 2.79. The minimum atomic E-state index is -8.77. The second kappa shape index (κ2) is 12.4. The maximum absolute atomic E-state index is 13.9. The molecule has 0 saturated heterocycles. The van der Waals surface area contributed by atoms with Crippen molar-refractivity contribution in [2.24, 2.45) is 0 Å². The van der Waals surface area contributed by atoms with Crippen LogP contribution in [0.2, 0.25) is 0 Å². The van der Waals surface area contributed by atoms with Crippen molar-refractivity contribution in [2.75, 3.05) is 0 Å². The maximum Gasteiger partial charge on any atom is 0.462 e. The van der Waals surface area contributed by atoms with Gasteiger partial charge in [0.25, 0.3) is 0 Å². The molecule has 0 bridgehead atoms. The first-order valence-corrected chi connectivity index (χ1v) is 9.89. The van der Waals surface area contributed by atoms with Crippen LogP contribution >= 0.6 is 0 Å². The van der Waals surface area contributed by atoms with Crippen molar-refractivity contribution in [2.45, 2.75) is 72.3 Å². The van der Waals surface area contributed by atoms with E-state index in [0.29, 0.717) is 0 Å². The van der Waals surface area contributed by atoms with Gasteiger partial charge >= 0.3 is 84.5 Å². The quantitative estimate of drug-likeness (QED) is 0.129. The van der Waals surface area contributed by atoms with Gasteiger partial charge in [0.1, 0.15) is 0 Å². The summed E-state index contributed by atoms with van der Waals surface area (Å²) in [6.45, 7) is 0. The van der Waals surface area contributed by atoms with Crippen LogP contribution < -0.4 is 0 Å². The third-order valence-electron chi connectivity index (χ3n) is 4.59. The molecular weight excluding hydrogens is 810 g/mol. The second-order valence-corrected chi connectivity index (χ2v) is 7.99. The van der Waals surface area contributed by atoms with Gasteiger partial charge in [0, 0.05) is 0 Å².